The molecule has 1 aromatic rings. The lowest BCUT2D eigenvalue weighted by Crippen LogP contribution is -2.41. The van der Waals surface area contributed by atoms with Crippen molar-refractivity contribution in [2.24, 2.45) is 0 Å². The second-order valence-corrected chi connectivity index (χ2v) is 7.72. The Morgan fingerprint density at radius 3 is 2.58 bits per heavy atom. The molecule has 0 aliphatic rings. The Bertz CT molecular complexity index is 545. The van der Waals surface area contributed by atoms with E-state index in [0.717, 1.165) is 27.5 Å². The van der Waals surface area contributed by atoms with Gasteiger partial charge < -0.3 is 15.4 Å². The fraction of sp³-hybridized carbons (Fsp3) is 0.529. The van der Waals surface area contributed by atoms with Crippen molar-refractivity contribution in [3.05, 3.63) is 26.6 Å². The summed E-state index contributed by atoms with van der Waals surface area (Å²) in [5.41, 5.74) is 0.942. The van der Waals surface area contributed by atoms with Gasteiger partial charge in [0.05, 0.1) is 4.47 Å². The first-order chi connectivity index (χ1) is 11.4. The molecule has 0 atom stereocenters. The van der Waals surface area contributed by atoms with Gasteiger partial charge in [-0.2, -0.15) is 0 Å². The molecule has 0 aliphatic carbocycles. The number of aryl methyl sites for hydroxylation is 1. The molecule has 0 aromatic heterocycles. The number of benzene rings is 1. The minimum atomic E-state index is -0.271. The third-order valence-corrected chi connectivity index (χ3v) is 4.65. The predicted octanol–water partition coefficient (Wildman–Crippen LogP) is 4.86. The smallest absolute Gasteiger partial charge is 0.264 e. The first-order valence-electron chi connectivity index (χ1n) is 8.10. The fourth-order valence-corrected chi connectivity index (χ4v) is 3.92. The summed E-state index contributed by atoms with van der Waals surface area (Å²) >= 11 is 12.0. The van der Waals surface area contributed by atoms with Crippen LogP contribution in [-0.2, 0) is 4.79 Å². The molecule has 0 saturated carbocycles. The lowest BCUT2D eigenvalue weighted by molar-refractivity contribution is -0.121. The Balaban J connectivity index is 2.28. The van der Waals surface area contributed by atoms with Crippen LogP contribution in [0.4, 0.5) is 0 Å². The van der Waals surface area contributed by atoms with E-state index >= 15 is 0 Å². The maximum absolute atomic E-state index is 11.9. The highest BCUT2D eigenvalue weighted by atomic mass is 79.9. The van der Waals surface area contributed by atoms with Crippen molar-refractivity contribution in [1.82, 2.24) is 10.6 Å². The van der Waals surface area contributed by atoms with Crippen LogP contribution < -0.4 is 15.4 Å². The molecule has 1 aromatic carbocycles. The second-order valence-electron chi connectivity index (χ2n) is 5.54. The van der Waals surface area contributed by atoms with Crippen LogP contribution in [0.25, 0.3) is 0 Å². The Morgan fingerprint density at radius 1 is 1.21 bits per heavy atom. The van der Waals surface area contributed by atoms with Gasteiger partial charge in [0, 0.05) is 11.0 Å². The number of nitrogens with one attached hydrogen (secondary N) is 2. The predicted molar refractivity (Wildman–Crippen MR) is 110 cm³/mol. The summed E-state index contributed by atoms with van der Waals surface area (Å²) in [6.07, 6.45) is 5.97. The number of thiocarbonyl (C=S) groups is 1. The number of unbranched alkanes of at least 4 members (excludes halogenated alkanes) is 4. The zero-order valence-corrected chi connectivity index (χ0v) is 18.1. The molecule has 0 spiro atoms. The summed E-state index contributed by atoms with van der Waals surface area (Å²) in [6, 6.07) is 3.81. The highest BCUT2D eigenvalue weighted by molar-refractivity contribution is 9.11. The molecule has 0 radical (unpaired) electrons. The molecule has 0 bridgehead atoms. The van der Waals surface area contributed by atoms with Gasteiger partial charge in [-0.1, -0.05) is 48.5 Å². The summed E-state index contributed by atoms with van der Waals surface area (Å²) in [5.74, 6) is 0.385. The quantitative estimate of drug-likeness (QED) is 0.392. The van der Waals surface area contributed by atoms with Gasteiger partial charge in [0.2, 0.25) is 0 Å². The van der Waals surface area contributed by atoms with Gasteiger partial charge in [0.15, 0.2) is 11.7 Å². The van der Waals surface area contributed by atoms with E-state index in [1.807, 2.05) is 19.1 Å². The van der Waals surface area contributed by atoms with E-state index < -0.39 is 0 Å². The van der Waals surface area contributed by atoms with Crippen molar-refractivity contribution in [3.8, 4) is 5.75 Å². The zero-order chi connectivity index (χ0) is 17.9. The highest BCUT2D eigenvalue weighted by Gasteiger charge is 2.10. The Hall–Kier alpha value is -0.660. The lowest BCUT2D eigenvalue weighted by atomic mass is 10.1. The van der Waals surface area contributed by atoms with E-state index in [4.69, 9.17) is 17.0 Å². The number of carbonyl (C=O) groups is 1. The minimum absolute atomic E-state index is 0.0839. The van der Waals surface area contributed by atoms with E-state index in [1.54, 1.807) is 0 Å². The number of ether oxygens (including phenoxy) is 1. The van der Waals surface area contributed by atoms with Crippen LogP contribution in [0.3, 0.4) is 0 Å². The Morgan fingerprint density at radius 2 is 1.92 bits per heavy atom. The molecule has 134 valence electrons. The average Bonchev–Trinajstić information content (AvgIpc) is 2.49. The monoisotopic (exact) mass is 478 g/mol. The van der Waals surface area contributed by atoms with Crippen LogP contribution >= 0.6 is 44.1 Å². The topological polar surface area (TPSA) is 50.4 Å². The molecule has 2 N–H and O–H groups in total. The van der Waals surface area contributed by atoms with Gasteiger partial charge >= 0.3 is 0 Å². The third kappa shape index (κ3) is 8.44. The molecule has 7 heteroatoms. The van der Waals surface area contributed by atoms with Gasteiger partial charge in [-0.05, 0) is 59.2 Å². The van der Waals surface area contributed by atoms with Gasteiger partial charge in [-0.15, -0.1) is 0 Å². The number of carbonyl (C=O) groups excluding carboxylic acids is 1. The van der Waals surface area contributed by atoms with E-state index in [9.17, 15) is 4.79 Å². The maximum Gasteiger partial charge on any atom is 0.264 e. The molecule has 1 rings (SSSR count). The molecule has 0 fully saturated rings. The van der Waals surface area contributed by atoms with Crippen LogP contribution in [0.15, 0.2) is 21.1 Å². The van der Waals surface area contributed by atoms with Gasteiger partial charge in [0.1, 0.15) is 5.75 Å². The molecule has 1 amide bonds. The molecular formula is C17H24Br2N2O2S. The summed E-state index contributed by atoms with van der Waals surface area (Å²) in [5, 5.41) is 6.03. The van der Waals surface area contributed by atoms with Gasteiger partial charge in [0.25, 0.3) is 5.91 Å². The standard InChI is InChI=1S/C17H24Br2N2O2S/c1-3-4-5-6-7-8-20-17(24)21-15(22)11-23-16-12(2)9-13(18)10-14(16)19/h9-10H,3-8,11H2,1-2H3,(H2,20,21,22,24). The van der Waals surface area contributed by atoms with Crippen LogP contribution in [0, 0.1) is 6.92 Å². The molecule has 0 saturated heterocycles. The van der Waals surface area contributed by atoms with E-state index in [0.29, 0.717) is 10.9 Å². The van der Waals surface area contributed by atoms with Gasteiger partial charge in [-0.3, -0.25) is 4.79 Å². The number of amides is 1. The van der Waals surface area contributed by atoms with Crippen molar-refractivity contribution in [3.63, 3.8) is 0 Å². The normalized spacial score (nSPS) is 10.3. The number of hydrogen-bond acceptors (Lipinski definition) is 3. The Kier molecular flexibility index (Phi) is 10.5. The zero-order valence-electron chi connectivity index (χ0n) is 14.1. The largest absolute Gasteiger partial charge is 0.482 e. The molecule has 0 unspecified atom stereocenters. The number of rotatable bonds is 9. The SMILES string of the molecule is CCCCCCCNC(=S)NC(=O)COc1c(C)cc(Br)cc1Br. The van der Waals surface area contributed by atoms with Crippen LogP contribution in [0.1, 0.15) is 44.6 Å². The third-order valence-electron chi connectivity index (χ3n) is 3.36. The Labute approximate surface area is 166 Å². The molecular weight excluding hydrogens is 456 g/mol. The lowest BCUT2D eigenvalue weighted by Gasteiger charge is -2.13. The molecule has 24 heavy (non-hydrogen) atoms. The average molecular weight is 480 g/mol. The number of hydrogen-bond donors (Lipinski definition) is 2. The van der Waals surface area contributed by atoms with Crippen LogP contribution in [0.2, 0.25) is 0 Å². The van der Waals surface area contributed by atoms with Crippen LogP contribution in [-0.4, -0.2) is 24.2 Å². The summed E-state index contributed by atoms with van der Waals surface area (Å²) < 4.78 is 7.34. The first kappa shape index (κ1) is 21.4. The van der Waals surface area contributed by atoms with Crippen molar-refractivity contribution in [2.75, 3.05) is 13.2 Å². The van der Waals surface area contributed by atoms with Crippen molar-refractivity contribution in [1.29, 1.82) is 0 Å². The minimum Gasteiger partial charge on any atom is -0.482 e. The molecule has 0 heterocycles. The summed E-state index contributed by atoms with van der Waals surface area (Å²) in [7, 11) is 0. The first-order valence-corrected chi connectivity index (χ1v) is 10.1. The summed E-state index contributed by atoms with van der Waals surface area (Å²) in [6.45, 7) is 4.81. The van der Waals surface area contributed by atoms with Crippen molar-refractivity contribution in [2.45, 2.75) is 46.0 Å². The molecule has 4 nitrogen and oxygen atoms in total. The summed E-state index contributed by atoms with van der Waals surface area (Å²) in [4.78, 5) is 11.9. The second kappa shape index (κ2) is 11.8. The van der Waals surface area contributed by atoms with E-state index in [-0.39, 0.29) is 12.5 Å². The van der Waals surface area contributed by atoms with Gasteiger partial charge in [-0.25, -0.2) is 0 Å². The van der Waals surface area contributed by atoms with Crippen molar-refractivity contribution < 1.29 is 9.53 Å². The molecule has 0 aliphatic heterocycles. The fourth-order valence-electron chi connectivity index (χ4n) is 2.15. The highest BCUT2D eigenvalue weighted by Crippen LogP contribution is 2.32. The maximum atomic E-state index is 11.9. The van der Waals surface area contributed by atoms with E-state index in [1.165, 1.54) is 25.7 Å². The van der Waals surface area contributed by atoms with Crippen LogP contribution in [0.5, 0.6) is 5.75 Å². The van der Waals surface area contributed by atoms with E-state index in [2.05, 4.69) is 49.4 Å². The number of halogens is 2. The van der Waals surface area contributed by atoms with Crippen molar-refractivity contribution >= 4 is 55.1 Å².